The summed E-state index contributed by atoms with van der Waals surface area (Å²) in [5, 5.41) is 3.14. The summed E-state index contributed by atoms with van der Waals surface area (Å²) >= 11 is 3.65. The zero-order valence-corrected chi connectivity index (χ0v) is 13.3. The first-order valence-electron chi connectivity index (χ1n) is 7.01. The number of hydrogen-bond acceptors (Lipinski definition) is 4. The largest absolute Gasteiger partial charge is 0.458 e. The van der Waals surface area contributed by atoms with E-state index in [1.807, 2.05) is 26.1 Å². The number of aryl methyl sites for hydroxylation is 1. The van der Waals surface area contributed by atoms with Gasteiger partial charge in [-0.05, 0) is 47.8 Å². The van der Waals surface area contributed by atoms with Crippen LogP contribution in [0.15, 0.2) is 21.0 Å². The molecule has 0 aromatic carbocycles. The summed E-state index contributed by atoms with van der Waals surface area (Å²) < 4.78 is 6.64. The molecule has 0 saturated heterocycles. The molecule has 0 radical (unpaired) electrons. The molecule has 1 fully saturated rings. The van der Waals surface area contributed by atoms with E-state index >= 15 is 0 Å². The van der Waals surface area contributed by atoms with Gasteiger partial charge in [0.05, 0.1) is 10.2 Å². The Morgan fingerprint density at radius 3 is 2.60 bits per heavy atom. The summed E-state index contributed by atoms with van der Waals surface area (Å²) in [5.41, 5.74) is 1.10. The zero-order chi connectivity index (χ0) is 14.1. The van der Waals surface area contributed by atoms with Crippen LogP contribution in [0.5, 0.6) is 0 Å². The van der Waals surface area contributed by atoms with Crippen molar-refractivity contribution >= 4 is 21.7 Å². The number of anilines is 1. The van der Waals surface area contributed by atoms with Crippen molar-refractivity contribution in [3.8, 4) is 11.6 Å². The Kier molecular flexibility index (Phi) is 3.78. The van der Waals surface area contributed by atoms with Gasteiger partial charge in [-0.25, -0.2) is 9.97 Å². The molecule has 20 heavy (non-hydrogen) atoms. The summed E-state index contributed by atoms with van der Waals surface area (Å²) in [6.45, 7) is 1.93. The summed E-state index contributed by atoms with van der Waals surface area (Å²) in [6.07, 6.45) is 4.97. The first-order chi connectivity index (χ1) is 9.69. The molecule has 1 N–H and O–H groups in total. The number of hydrogen-bond donors (Lipinski definition) is 1. The minimum absolute atomic E-state index is 0.522. The third kappa shape index (κ3) is 2.46. The maximum Gasteiger partial charge on any atom is 0.197 e. The fourth-order valence-electron chi connectivity index (χ4n) is 2.76. The smallest absolute Gasteiger partial charge is 0.197 e. The normalized spacial score (nSPS) is 15.8. The van der Waals surface area contributed by atoms with Crippen molar-refractivity contribution in [1.82, 2.24) is 9.97 Å². The Hall–Kier alpha value is -1.36. The maximum atomic E-state index is 5.66. The summed E-state index contributed by atoms with van der Waals surface area (Å²) in [4.78, 5) is 9.30. The van der Waals surface area contributed by atoms with Crippen LogP contribution in [0.1, 0.15) is 43.1 Å². The van der Waals surface area contributed by atoms with Crippen LogP contribution in [0.3, 0.4) is 0 Å². The predicted octanol–water partition coefficient (Wildman–Crippen LogP) is 4.51. The van der Waals surface area contributed by atoms with Crippen molar-refractivity contribution in [2.75, 3.05) is 12.4 Å². The second kappa shape index (κ2) is 5.56. The lowest BCUT2D eigenvalue weighted by Gasteiger charge is -2.14. The van der Waals surface area contributed by atoms with Gasteiger partial charge >= 0.3 is 0 Å². The molecule has 1 saturated carbocycles. The monoisotopic (exact) mass is 335 g/mol. The molecule has 1 aliphatic carbocycles. The predicted molar refractivity (Wildman–Crippen MR) is 82.9 cm³/mol. The van der Waals surface area contributed by atoms with E-state index in [-0.39, 0.29) is 0 Å². The van der Waals surface area contributed by atoms with Crippen LogP contribution in [0, 0.1) is 6.92 Å². The lowest BCUT2D eigenvalue weighted by Crippen LogP contribution is -2.05. The van der Waals surface area contributed by atoms with Gasteiger partial charge in [0.15, 0.2) is 11.6 Å². The lowest BCUT2D eigenvalue weighted by atomic mass is 10.0. The van der Waals surface area contributed by atoms with E-state index in [2.05, 4.69) is 26.2 Å². The highest BCUT2D eigenvalue weighted by molar-refractivity contribution is 9.10. The molecule has 0 spiro atoms. The van der Waals surface area contributed by atoms with Gasteiger partial charge in [0.25, 0.3) is 0 Å². The fraction of sp³-hybridized carbons (Fsp3) is 0.467. The van der Waals surface area contributed by atoms with Gasteiger partial charge in [-0.1, -0.05) is 12.8 Å². The van der Waals surface area contributed by atoms with E-state index in [0.717, 1.165) is 27.5 Å². The Bertz CT molecular complexity index is 618. The molecule has 0 bridgehead atoms. The Labute approximate surface area is 127 Å². The molecule has 3 rings (SSSR count). The zero-order valence-electron chi connectivity index (χ0n) is 11.7. The molecule has 0 unspecified atom stereocenters. The summed E-state index contributed by atoms with van der Waals surface area (Å²) in [6, 6.07) is 3.87. The van der Waals surface area contributed by atoms with E-state index in [4.69, 9.17) is 9.40 Å². The second-order valence-electron chi connectivity index (χ2n) is 5.24. The van der Waals surface area contributed by atoms with Crippen LogP contribution >= 0.6 is 15.9 Å². The summed E-state index contributed by atoms with van der Waals surface area (Å²) in [7, 11) is 1.88. The highest BCUT2D eigenvalue weighted by Crippen LogP contribution is 2.39. The molecule has 2 heterocycles. The molecule has 0 aliphatic heterocycles. The number of nitrogens with zero attached hydrogens (tertiary/aromatic N) is 2. The molecule has 106 valence electrons. The quantitative estimate of drug-likeness (QED) is 0.896. The summed E-state index contributed by atoms with van der Waals surface area (Å²) in [5.74, 6) is 3.61. The molecule has 5 heteroatoms. The molecular formula is C15H18BrN3O. The van der Waals surface area contributed by atoms with Gasteiger partial charge in [-0.15, -0.1) is 0 Å². The van der Waals surface area contributed by atoms with Crippen LogP contribution in [0.25, 0.3) is 11.6 Å². The number of rotatable bonds is 3. The van der Waals surface area contributed by atoms with Gasteiger partial charge in [-0.2, -0.15) is 0 Å². The van der Waals surface area contributed by atoms with Crippen molar-refractivity contribution in [3.63, 3.8) is 0 Å². The van der Waals surface area contributed by atoms with Gasteiger partial charge in [0.2, 0.25) is 0 Å². The standard InChI is InChI=1S/C15H18BrN3O/c1-9-7-8-11(20-9)14-18-13(10-5-3-4-6-10)12(16)15(17-2)19-14/h7-8,10H,3-6H2,1-2H3,(H,17,18,19). The van der Waals surface area contributed by atoms with Crippen LogP contribution in [-0.2, 0) is 0 Å². The number of halogens is 1. The maximum absolute atomic E-state index is 5.66. The van der Waals surface area contributed by atoms with Crippen molar-refractivity contribution < 1.29 is 4.42 Å². The SMILES string of the molecule is CNc1nc(-c2ccc(C)o2)nc(C2CCCC2)c1Br. The minimum atomic E-state index is 0.522. The van der Waals surface area contributed by atoms with Gasteiger partial charge in [0.1, 0.15) is 11.6 Å². The van der Waals surface area contributed by atoms with E-state index in [0.29, 0.717) is 11.7 Å². The van der Waals surface area contributed by atoms with Gasteiger partial charge < -0.3 is 9.73 Å². The topological polar surface area (TPSA) is 51.0 Å². The minimum Gasteiger partial charge on any atom is -0.458 e. The Morgan fingerprint density at radius 2 is 2.00 bits per heavy atom. The number of furan rings is 1. The van der Waals surface area contributed by atoms with Crippen LogP contribution in [-0.4, -0.2) is 17.0 Å². The van der Waals surface area contributed by atoms with Crippen molar-refractivity contribution in [2.45, 2.75) is 38.5 Å². The third-order valence-electron chi connectivity index (χ3n) is 3.82. The fourth-order valence-corrected chi connectivity index (χ4v) is 3.46. The second-order valence-corrected chi connectivity index (χ2v) is 6.03. The van der Waals surface area contributed by atoms with E-state index in [9.17, 15) is 0 Å². The van der Waals surface area contributed by atoms with Crippen LogP contribution in [0.4, 0.5) is 5.82 Å². The van der Waals surface area contributed by atoms with E-state index < -0.39 is 0 Å². The highest BCUT2D eigenvalue weighted by Gasteiger charge is 2.24. The van der Waals surface area contributed by atoms with Gasteiger partial charge in [-0.3, -0.25) is 0 Å². The van der Waals surface area contributed by atoms with Crippen molar-refractivity contribution in [1.29, 1.82) is 0 Å². The van der Waals surface area contributed by atoms with Crippen molar-refractivity contribution in [3.05, 3.63) is 28.1 Å². The number of aromatic nitrogens is 2. The number of nitrogens with one attached hydrogen (secondary N) is 1. The van der Waals surface area contributed by atoms with Gasteiger partial charge in [0, 0.05) is 13.0 Å². The first-order valence-corrected chi connectivity index (χ1v) is 7.80. The molecule has 4 nitrogen and oxygen atoms in total. The molecule has 0 amide bonds. The third-order valence-corrected chi connectivity index (χ3v) is 4.60. The van der Waals surface area contributed by atoms with E-state index in [1.54, 1.807) is 0 Å². The van der Waals surface area contributed by atoms with Crippen molar-refractivity contribution in [2.24, 2.45) is 0 Å². The lowest BCUT2D eigenvalue weighted by molar-refractivity contribution is 0.543. The van der Waals surface area contributed by atoms with E-state index in [1.165, 1.54) is 25.7 Å². The molecule has 2 aromatic heterocycles. The molecule has 1 aliphatic rings. The average Bonchev–Trinajstić information content (AvgIpc) is 3.10. The highest BCUT2D eigenvalue weighted by atomic mass is 79.9. The molecule has 2 aromatic rings. The van der Waals surface area contributed by atoms with Crippen LogP contribution in [0.2, 0.25) is 0 Å². The Morgan fingerprint density at radius 1 is 1.25 bits per heavy atom. The molecular weight excluding hydrogens is 318 g/mol. The Balaban J connectivity index is 2.09. The first kappa shape index (κ1) is 13.6. The van der Waals surface area contributed by atoms with Crippen LogP contribution < -0.4 is 5.32 Å². The molecule has 0 atom stereocenters. The average molecular weight is 336 g/mol.